The molecule has 0 bridgehead atoms. The van der Waals surface area contributed by atoms with Gasteiger partial charge in [0.15, 0.2) is 0 Å². The maximum Gasteiger partial charge on any atom is 0.272 e. The molecule has 3 N–H and O–H groups in total. The van der Waals surface area contributed by atoms with Crippen LogP contribution in [0.1, 0.15) is 15.9 Å². The summed E-state index contributed by atoms with van der Waals surface area (Å²) < 4.78 is 0. The largest absolute Gasteiger partial charge is 0.325 e. The summed E-state index contributed by atoms with van der Waals surface area (Å²) in [5.74, 6) is -0.885. The van der Waals surface area contributed by atoms with Crippen LogP contribution in [-0.2, 0) is 9.59 Å². The Morgan fingerprint density at radius 2 is 1.40 bits per heavy atom. The number of amides is 3. The van der Waals surface area contributed by atoms with Crippen molar-refractivity contribution >= 4 is 69.3 Å². The van der Waals surface area contributed by atoms with E-state index < -0.39 is 11.8 Å². The van der Waals surface area contributed by atoms with E-state index in [0.717, 1.165) is 21.2 Å². The van der Waals surface area contributed by atoms with Gasteiger partial charge in [-0.3, -0.25) is 14.4 Å². The molecule has 0 saturated carbocycles. The average Bonchev–Trinajstić information content (AvgIpc) is 3.00. The molecule has 3 amide bonds. The van der Waals surface area contributed by atoms with Crippen LogP contribution >= 0.6 is 23.4 Å². The van der Waals surface area contributed by atoms with E-state index in [-0.39, 0.29) is 17.4 Å². The van der Waals surface area contributed by atoms with Crippen molar-refractivity contribution in [3.8, 4) is 0 Å². The topological polar surface area (TPSA) is 87.3 Å². The number of anilines is 2. The molecular formula is C34H26ClN3O3S. The third-order valence-corrected chi connectivity index (χ3v) is 7.45. The number of carbonyl (C=O) groups excluding carboxylic acids is 3. The van der Waals surface area contributed by atoms with Gasteiger partial charge in [-0.05, 0) is 70.9 Å². The highest BCUT2D eigenvalue weighted by Gasteiger charge is 2.16. The number of rotatable bonds is 9. The lowest BCUT2D eigenvalue weighted by molar-refractivity contribution is -0.114. The van der Waals surface area contributed by atoms with Crippen molar-refractivity contribution in [3.63, 3.8) is 0 Å². The number of nitrogens with one attached hydrogen (secondary N) is 3. The second kappa shape index (κ2) is 13.7. The van der Waals surface area contributed by atoms with E-state index in [1.54, 1.807) is 72.8 Å². The van der Waals surface area contributed by atoms with Gasteiger partial charge in [-0.15, -0.1) is 11.8 Å². The van der Waals surface area contributed by atoms with Gasteiger partial charge >= 0.3 is 0 Å². The molecule has 0 unspecified atom stereocenters. The Kier molecular flexibility index (Phi) is 9.33. The second-order valence-electron chi connectivity index (χ2n) is 9.28. The van der Waals surface area contributed by atoms with Gasteiger partial charge in [0.2, 0.25) is 5.91 Å². The summed E-state index contributed by atoms with van der Waals surface area (Å²) in [5.41, 5.74) is 2.47. The highest BCUT2D eigenvalue weighted by atomic mass is 35.5. The summed E-state index contributed by atoms with van der Waals surface area (Å²) in [6.07, 6.45) is 1.68. The van der Waals surface area contributed by atoms with Crippen LogP contribution in [0.4, 0.5) is 11.4 Å². The molecule has 0 saturated heterocycles. The first-order valence-electron chi connectivity index (χ1n) is 13.1. The number of benzene rings is 5. The monoisotopic (exact) mass is 591 g/mol. The predicted molar refractivity (Wildman–Crippen MR) is 172 cm³/mol. The van der Waals surface area contributed by atoms with Crippen molar-refractivity contribution in [2.75, 3.05) is 16.4 Å². The van der Waals surface area contributed by atoms with E-state index in [1.807, 2.05) is 54.6 Å². The summed E-state index contributed by atoms with van der Waals surface area (Å²) in [6, 6.07) is 36.5. The Bertz CT molecular complexity index is 1780. The van der Waals surface area contributed by atoms with Crippen molar-refractivity contribution in [1.82, 2.24) is 5.32 Å². The van der Waals surface area contributed by atoms with Crippen molar-refractivity contribution in [1.29, 1.82) is 0 Å². The zero-order valence-electron chi connectivity index (χ0n) is 22.3. The number of thioether (sulfide) groups is 1. The molecule has 208 valence electrons. The van der Waals surface area contributed by atoms with Crippen LogP contribution in [0, 0.1) is 0 Å². The Morgan fingerprint density at radius 3 is 2.21 bits per heavy atom. The Hall–Kier alpha value is -4.85. The second-order valence-corrected chi connectivity index (χ2v) is 10.8. The number of fused-ring (bicyclic) bond motifs is 1. The van der Waals surface area contributed by atoms with Crippen LogP contribution in [0.5, 0.6) is 0 Å². The molecular weight excluding hydrogens is 566 g/mol. The third kappa shape index (κ3) is 7.66. The summed E-state index contributed by atoms with van der Waals surface area (Å²) in [7, 11) is 0. The van der Waals surface area contributed by atoms with E-state index in [9.17, 15) is 14.4 Å². The Labute approximate surface area is 252 Å². The van der Waals surface area contributed by atoms with E-state index >= 15 is 0 Å². The van der Waals surface area contributed by atoms with Crippen molar-refractivity contribution in [2.24, 2.45) is 0 Å². The lowest BCUT2D eigenvalue weighted by atomic mass is 10.0. The molecule has 5 rings (SSSR count). The van der Waals surface area contributed by atoms with E-state index in [2.05, 4.69) is 16.0 Å². The minimum Gasteiger partial charge on any atom is -0.325 e. The number of carbonyl (C=O) groups is 3. The normalized spacial score (nSPS) is 11.1. The molecule has 0 spiro atoms. The van der Waals surface area contributed by atoms with Crippen LogP contribution in [0.15, 0.2) is 132 Å². The number of hydrogen-bond acceptors (Lipinski definition) is 4. The molecule has 0 aliphatic carbocycles. The van der Waals surface area contributed by atoms with Crippen LogP contribution in [0.3, 0.4) is 0 Å². The standard InChI is InChI=1S/C34H26ClN3O3S/c35-26-14-7-15-27(20-26)36-32(39)22-42-29-17-8-16-28(21-29)37-34(41)31(38-33(40)24-10-2-1-3-11-24)19-25-13-6-12-23-9-4-5-18-30(23)25/h1-21H,22H2,(H,36,39)(H,37,41)(H,38,40)/b31-19+. The molecule has 0 aliphatic rings. The number of hydrogen-bond donors (Lipinski definition) is 3. The van der Waals surface area contributed by atoms with Gasteiger partial charge in [0.25, 0.3) is 11.8 Å². The van der Waals surface area contributed by atoms with Gasteiger partial charge in [-0.1, -0.05) is 84.4 Å². The fraction of sp³-hybridized carbons (Fsp3) is 0.0294. The molecule has 0 aromatic heterocycles. The summed E-state index contributed by atoms with van der Waals surface area (Å²) in [4.78, 5) is 39.8. The zero-order chi connectivity index (χ0) is 29.3. The molecule has 6 nitrogen and oxygen atoms in total. The lowest BCUT2D eigenvalue weighted by Crippen LogP contribution is -2.30. The summed E-state index contributed by atoms with van der Waals surface area (Å²) in [6.45, 7) is 0. The fourth-order valence-corrected chi connectivity index (χ4v) is 5.19. The molecule has 42 heavy (non-hydrogen) atoms. The third-order valence-electron chi connectivity index (χ3n) is 6.22. The van der Waals surface area contributed by atoms with Crippen LogP contribution < -0.4 is 16.0 Å². The van der Waals surface area contributed by atoms with Gasteiger partial charge in [0.1, 0.15) is 5.70 Å². The van der Waals surface area contributed by atoms with E-state index in [4.69, 9.17) is 11.6 Å². The van der Waals surface area contributed by atoms with Gasteiger partial charge in [0.05, 0.1) is 5.75 Å². The lowest BCUT2D eigenvalue weighted by Gasteiger charge is -2.13. The molecule has 0 fully saturated rings. The molecule has 0 radical (unpaired) electrons. The van der Waals surface area contributed by atoms with Crippen LogP contribution in [0.25, 0.3) is 16.8 Å². The van der Waals surface area contributed by atoms with E-state index in [1.165, 1.54) is 11.8 Å². The maximum absolute atomic E-state index is 13.6. The van der Waals surface area contributed by atoms with Crippen LogP contribution in [0.2, 0.25) is 5.02 Å². The minimum absolute atomic E-state index is 0.0964. The number of halogens is 1. The van der Waals surface area contributed by atoms with Gasteiger partial charge in [-0.25, -0.2) is 0 Å². The van der Waals surface area contributed by atoms with Crippen molar-refractivity contribution in [3.05, 3.63) is 143 Å². The summed E-state index contributed by atoms with van der Waals surface area (Å²) in [5, 5.41) is 11.0. The van der Waals surface area contributed by atoms with Crippen molar-refractivity contribution in [2.45, 2.75) is 4.90 Å². The van der Waals surface area contributed by atoms with E-state index in [0.29, 0.717) is 22.0 Å². The highest BCUT2D eigenvalue weighted by Crippen LogP contribution is 2.24. The molecule has 0 atom stereocenters. The SMILES string of the molecule is O=C(CSc1cccc(NC(=O)/C(=C\c2cccc3ccccc23)NC(=O)c2ccccc2)c1)Nc1cccc(Cl)c1. The molecule has 0 heterocycles. The Morgan fingerprint density at radius 1 is 0.714 bits per heavy atom. The van der Waals surface area contributed by atoms with Crippen LogP contribution in [-0.4, -0.2) is 23.5 Å². The smallest absolute Gasteiger partial charge is 0.272 e. The average molecular weight is 592 g/mol. The highest BCUT2D eigenvalue weighted by molar-refractivity contribution is 8.00. The molecule has 5 aromatic rings. The molecule has 0 aliphatic heterocycles. The Balaban J connectivity index is 1.33. The predicted octanol–water partition coefficient (Wildman–Crippen LogP) is 7.63. The molecule has 5 aromatic carbocycles. The van der Waals surface area contributed by atoms with Crippen molar-refractivity contribution < 1.29 is 14.4 Å². The minimum atomic E-state index is -0.479. The van der Waals surface area contributed by atoms with Gasteiger partial charge < -0.3 is 16.0 Å². The first-order valence-corrected chi connectivity index (χ1v) is 14.5. The molecule has 8 heteroatoms. The zero-order valence-corrected chi connectivity index (χ0v) is 23.9. The van der Waals surface area contributed by atoms with Gasteiger partial charge in [0, 0.05) is 26.9 Å². The maximum atomic E-state index is 13.6. The van der Waals surface area contributed by atoms with Gasteiger partial charge in [-0.2, -0.15) is 0 Å². The first-order chi connectivity index (χ1) is 20.4. The first kappa shape index (κ1) is 28.7. The quantitative estimate of drug-likeness (QED) is 0.121. The fourth-order valence-electron chi connectivity index (χ4n) is 4.25. The summed E-state index contributed by atoms with van der Waals surface area (Å²) >= 11 is 7.33.